The number of hydrogen-bond donors (Lipinski definition) is 3. The lowest BCUT2D eigenvalue weighted by atomic mass is 9.89. The number of nitrogens with zero attached hydrogens (tertiary/aromatic N) is 2. The zero-order valence-electron chi connectivity index (χ0n) is 27.1. The number of carbonyl (C=O) groups is 1. The number of rotatable bonds is 12. The molecule has 3 aromatic carbocycles. The van der Waals surface area contributed by atoms with E-state index in [0.717, 1.165) is 31.9 Å². The first-order valence-electron chi connectivity index (χ1n) is 16.2. The number of ether oxygens (including phenoxy) is 4. The maximum atomic E-state index is 15.4. The number of hydrogen-bond acceptors (Lipinski definition) is 9. The van der Waals surface area contributed by atoms with Crippen LogP contribution in [0.4, 0.5) is 14.5 Å². The summed E-state index contributed by atoms with van der Waals surface area (Å²) in [5, 5.41) is 16.0. The first-order chi connectivity index (χ1) is 24.3. The lowest BCUT2D eigenvalue weighted by Crippen LogP contribution is -2.44. The van der Waals surface area contributed by atoms with Crippen molar-refractivity contribution in [2.24, 2.45) is 0 Å². The SMILES string of the molecule is COc1cc2c(Oc3ccc(NC(=O)c4c5c(cn(-c6ccc(F)cc6)c4=O)CCO5)cc3F)ccnc2cc1OCCCNC1CC(O)C1. The van der Waals surface area contributed by atoms with Gasteiger partial charge in [-0.15, -0.1) is 0 Å². The van der Waals surface area contributed by atoms with Crippen molar-refractivity contribution in [3.05, 3.63) is 106 Å². The Kier molecular flexibility index (Phi) is 9.33. The molecule has 0 saturated heterocycles. The molecule has 3 heterocycles. The molecule has 1 fully saturated rings. The van der Waals surface area contributed by atoms with Crippen molar-refractivity contribution in [2.45, 2.75) is 37.8 Å². The van der Waals surface area contributed by atoms with Crippen molar-refractivity contribution in [1.29, 1.82) is 0 Å². The van der Waals surface area contributed by atoms with Crippen LogP contribution in [0, 0.1) is 11.6 Å². The molecule has 258 valence electrons. The summed E-state index contributed by atoms with van der Waals surface area (Å²) in [7, 11) is 1.52. The van der Waals surface area contributed by atoms with Crippen molar-refractivity contribution >= 4 is 22.5 Å². The Morgan fingerprint density at radius 1 is 1.04 bits per heavy atom. The number of amides is 1. The summed E-state index contributed by atoms with van der Waals surface area (Å²) in [6.45, 7) is 1.49. The van der Waals surface area contributed by atoms with Crippen LogP contribution in [0.15, 0.2) is 77.9 Å². The number of pyridine rings is 2. The second kappa shape index (κ2) is 14.1. The molecule has 1 saturated carbocycles. The fraction of sp³-hybridized carbons (Fsp3) is 0.270. The van der Waals surface area contributed by atoms with Gasteiger partial charge in [0.25, 0.3) is 11.5 Å². The van der Waals surface area contributed by atoms with Gasteiger partial charge in [-0.25, -0.2) is 8.78 Å². The number of methoxy groups -OCH3 is 1. The van der Waals surface area contributed by atoms with Crippen LogP contribution in [-0.2, 0) is 6.42 Å². The summed E-state index contributed by atoms with van der Waals surface area (Å²) in [6.07, 6.45) is 5.70. The number of aromatic nitrogens is 2. The molecule has 1 aliphatic heterocycles. The molecule has 2 aliphatic rings. The Balaban J connectivity index is 1.06. The molecule has 0 spiro atoms. The lowest BCUT2D eigenvalue weighted by molar-refractivity contribution is 0.0622. The molecule has 13 heteroatoms. The smallest absolute Gasteiger partial charge is 0.271 e. The zero-order chi connectivity index (χ0) is 34.8. The number of fused-ring (bicyclic) bond motifs is 2. The van der Waals surface area contributed by atoms with Crippen LogP contribution in [0.2, 0.25) is 0 Å². The fourth-order valence-electron chi connectivity index (χ4n) is 6.03. The molecular weight excluding hydrogens is 650 g/mol. The third-order valence-corrected chi connectivity index (χ3v) is 8.71. The fourth-order valence-corrected chi connectivity index (χ4v) is 6.03. The van der Waals surface area contributed by atoms with Crippen LogP contribution < -0.4 is 35.1 Å². The Morgan fingerprint density at radius 2 is 1.86 bits per heavy atom. The Morgan fingerprint density at radius 3 is 2.62 bits per heavy atom. The summed E-state index contributed by atoms with van der Waals surface area (Å²) >= 11 is 0. The number of aliphatic hydroxyl groups excluding tert-OH is 1. The average molecular weight is 685 g/mol. The summed E-state index contributed by atoms with van der Waals surface area (Å²) in [5.74, 6) is -0.656. The Labute approximate surface area is 285 Å². The van der Waals surface area contributed by atoms with Gasteiger partial charge in [0.15, 0.2) is 23.1 Å². The predicted molar refractivity (Wildman–Crippen MR) is 181 cm³/mol. The number of benzene rings is 3. The van der Waals surface area contributed by atoms with Gasteiger partial charge in [0.1, 0.15) is 22.9 Å². The highest BCUT2D eigenvalue weighted by atomic mass is 19.1. The first-order valence-corrected chi connectivity index (χ1v) is 16.2. The summed E-state index contributed by atoms with van der Waals surface area (Å²) in [4.78, 5) is 31.3. The molecule has 5 aromatic rings. The number of anilines is 1. The predicted octanol–water partition coefficient (Wildman–Crippen LogP) is 5.53. The molecule has 2 aromatic heterocycles. The van der Waals surface area contributed by atoms with Crippen molar-refractivity contribution in [3.8, 4) is 34.4 Å². The molecule has 3 N–H and O–H groups in total. The van der Waals surface area contributed by atoms with Crippen molar-refractivity contribution in [3.63, 3.8) is 0 Å². The van der Waals surface area contributed by atoms with Crippen LogP contribution in [0.1, 0.15) is 35.2 Å². The van der Waals surface area contributed by atoms with Crippen LogP contribution in [0.3, 0.4) is 0 Å². The number of nitrogens with one attached hydrogen (secondary N) is 2. The third-order valence-electron chi connectivity index (χ3n) is 8.71. The quantitative estimate of drug-likeness (QED) is 0.145. The van der Waals surface area contributed by atoms with Gasteiger partial charge >= 0.3 is 0 Å². The lowest BCUT2D eigenvalue weighted by Gasteiger charge is -2.32. The van der Waals surface area contributed by atoms with E-state index in [0.29, 0.717) is 58.5 Å². The minimum atomic E-state index is -0.780. The number of aliphatic hydroxyl groups is 1. The maximum absolute atomic E-state index is 15.4. The monoisotopic (exact) mass is 684 g/mol. The van der Waals surface area contributed by atoms with Gasteiger partial charge < -0.3 is 34.7 Å². The highest BCUT2D eigenvalue weighted by Gasteiger charge is 2.28. The van der Waals surface area contributed by atoms with E-state index in [-0.39, 0.29) is 35.5 Å². The standard InChI is InChI=1S/C37H34F2N4O7/c1-47-32-18-27-29(19-33(32)48-13-2-11-40-24-15-26(44)16-24)41-12-9-30(27)50-31-8-5-23(17-28(31)39)42-36(45)34-35-21(10-14-49-35)20-43(37(34)46)25-6-3-22(38)4-7-25/h3-9,12,17-20,24,26,40,44H,2,10-11,13-16H2,1H3,(H,42,45). The molecule has 1 amide bonds. The second-order valence-corrected chi connectivity index (χ2v) is 12.1. The second-order valence-electron chi connectivity index (χ2n) is 12.1. The van der Waals surface area contributed by atoms with E-state index in [9.17, 15) is 19.1 Å². The van der Waals surface area contributed by atoms with Crippen LogP contribution in [0.25, 0.3) is 16.6 Å². The van der Waals surface area contributed by atoms with E-state index >= 15 is 4.39 Å². The van der Waals surface area contributed by atoms with E-state index in [2.05, 4.69) is 15.6 Å². The van der Waals surface area contributed by atoms with Gasteiger partial charge in [-0.05, 0) is 74.3 Å². The molecule has 0 unspecified atom stereocenters. The molecule has 0 atom stereocenters. The van der Waals surface area contributed by atoms with E-state index in [4.69, 9.17) is 18.9 Å². The Bertz CT molecular complexity index is 2120. The number of halogens is 2. The summed E-state index contributed by atoms with van der Waals surface area (Å²) in [5.41, 5.74) is 0.767. The van der Waals surface area contributed by atoms with Crippen molar-refractivity contribution < 1.29 is 37.6 Å². The molecule has 11 nitrogen and oxygen atoms in total. The minimum absolute atomic E-state index is 0.0895. The highest BCUT2D eigenvalue weighted by molar-refractivity contribution is 6.06. The average Bonchev–Trinajstić information content (AvgIpc) is 3.56. The Hall–Kier alpha value is -5.53. The topological polar surface area (TPSA) is 133 Å². The first kappa shape index (κ1) is 33.0. The van der Waals surface area contributed by atoms with E-state index in [1.54, 1.807) is 24.4 Å². The minimum Gasteiger partial charge on any atom is -0.493 e. The molecule has 7 rings (SSSR count). The molecular formula is C37H34F2N4O7. The number of carbonyl (C=O) groups excluding carboxylic acids is 1. The molecule has 50 heavy (non-hydrogen) atoms. The maximum Gasteiger partial charge on any atom is 0.271 e. The van der Waals surface area contributed by atoms with Crippen molar-refractivity contribution in [1.82, 2.24) is 14.9 Å². The molecule has 1 aliphatic carbocycles. The van der Waals surface area contributed by atoms with Gasteiger partial charge in [-0.2, -0.15) is 0 Å². The highest BCUT2D eigenvalue weighted by Crippen LogP contribution is 2.38. The molecule has 0 radical (unpaired) electrons. The van der Waals surface area contributed by atoms with E-state index in [1.165, 1.54) is 54.3 Å². The van der Waals surface area contributed by atoms with E-state index in [1.807, 2.05) is 0 Å². The summed E-state index contributed by atoms with van der Waals surface area (Å²) in [6, 6.07) is 14.6. The summed E-state index contributed by atoms with van der Waals surface area (Å²) < 4.78 is 53.4. The normalized spacial score (nSPS) is 16.3. The van der Waals surface area contributed by atoms with Gasteiger partial charge in [0.05, 0.1) is 31.9 Å². The van der Waals surface area contributed by atoms with Gasteiger partial charge in [0.2, 0.25) is 0 Å². The largest absolute Gasteiger partial charge is 0.493 e. The molecule has 0 bridgehead atoms. The van der Waals surface area contributed by atoms with Crippen molar-refractivity contribution in [2.75, 3.05) is 32.2 Å². The van der Waals surface area contributed by atoms with Gasteiger partial charge in [0, 0.05) is 59.3 Å². The van der Waals surface area contributed by atoms with Gasteiger partial charge in [-0.3, -0.25) is 19.1 Å². The van der Waals surface area contributed by atoms with Crippen LogP contribution in [0.5, 0.6) is 28.7 Å². The van der Waals surface area contributed by atoms with Crippen LogP contribution in [-0.4, -0.2) is 59.6 Å². The van der Waals surface area contributed by atoms with Crippen LogP contribution >= 0.6 is 0 Å². The zero-order valence-corrected chi connectivity index (χ0v) is 27.1. The third kappa shape index (κ3) is 6.82. The van der Waals surface area contributed by atoms with Gasteiger partial charge in [-0.1, -0.05) is 0 Å². The van der Waals surface area contributed by atoms with E-state index < -0.39 is 23.1 Å².